The van der Waals surface area contributed by atoms with E-state index in [1.807, 2.05) is 24.0 Å². The normalized spacial score (nSPS) is 17.2. The number of hydrogen-bond donors (Lipinski definition) is 1. The first kappa shape index (κ1) is 20.7. The molecule has 0 bridgehead atoms. The van der Waals surface area contributed by atoms with Gasteiger partial charge in [0.15, 0.2) is 5.96 Å². The molecule has 2 heterocycles. The molecule has 1 aliphatic heterocycles. The van der Waals surface area contributed by atoms with Crippen LogP contribution >= 0.6 is 24.0 Å². The van der Waals surface area contributed by atoms with Gasteiger partial charge in [0.2, 0.25) is 0 Å². The van der Waals surface area contributed by atoms with Crippen molar-refractivity contribution in [1.29, 1.82) is 0 Å². The highest BCUT2D eigenvalue weighted by Crippen LogP contribution is 2.16. The van der Waals surface area contributed by atoms with E-state index in [-0.39, 0.29) is 24.0 Å². The second-order valence-electron chi connectivity index (χ2n) is 6.40. The number of aromatic nitrogens is 2. The Bertz CT molecular complexity index is 672. The van der Waals surface area contributed by atoms with E-state index in [2.05, 4.69) is 44.6 Å². The van der Waals surface area contributed by atoms with Gasteiger partial charge in [0.1, 0.15) is 0 Å². The highest BCUT2D eigenvalue weighted by atomic mass is 127. The maximum Gasteiger partial charge on any atom is 0.193 e. The minimum Gasteiger partial charge on any atom is -0.384 e. The summed E-state index contributed by atoms with van der Waals surface area (Å²) >= 11 is 0. The van der Waals surface area contributed by atoms with Crippen molar-refractivity contribution in [3.05, 3.63) is 48.3 Å². The lowest BCUT2D eigenvalue weighted by Gasteiger charge is -2.21. The van der Waals surface area contributed by atoms with E-state index >= 15 is 0 Å². The van der Waals surface area contributed by atoms with Crippen molar-refractivity contribution in [2.24, 2.45) is 10.9 Å². The fourth-order valence-corrected chi connectivity index (χ4v) is 3.28. The highest BCUT2D eigenvalue weighted by Gasteiger charge is 2.24. The van der Waals surface area contributed by atoms with Crippen LogP contribution in [0.25, 0.3) is 5.69 Å². The van der Waals surface area contributed by atoms with Crippen molar-refractivity contribution in [3.63, 3.8) is 0 Å². The van der Waals surface area contributed by atoms with Crippen LogP contribution in [-0.4, -0.2) is 61.0 Å². The standard InChI is InChI=1S/C19H27N5O.HI/c1-20-19(23-13-9-17(14-23)15-25-2)21-11-8-16-4-6-18(7-5-16)24-12-3-10-22-24;/h3-7,10,12,17H,8-9,11,13-15H2,1-2H3,(H,20,21);1H. The van der Waals surface area contributed by atoms with E-state index in [1.165, 1.54) is 12.0 Å². The molecule has 1 fully saturated rings. The van der Waals surface area contributed by atoms with Crippen LogP contribution in [0.1, 0.15) is 12.0 Å². The average molecular weight is 469 g/mol. The predicted molar refractivity (Wildman–Crippen MR) is 116 cm³/mol. The lowest BCUT2D eigenvalue weighted by molar-refractivity contribution is 0.157. The van der Waals surface area contributed by atoms with Crippen LogP contribution in [0, 0.1) is 5.92 Å². The Morgan fingerprint density at radius 2 is 2.15 bits per heavy atom. The maximum absolute atomic E-state index is 5.27. The van der Waals surface area contributed by atoms with Crippen molar-refractivity contribution in [1.82, 2.24) is 20.0 Å². The van der Waals surface area contributed by atoms with Gasteiger partial charge in [-0.15, -0.1) is 24.0 Å². The van der Waals surface area contributed by atoms with Gasteiger partial charge in [-0.3, -0.25) is 4.99 Å². The zero-order valence-electron chi connectivity index (χ0n) is 15.5. The lowest BCUT2D eigenvalue weighted by Crippen LogP contribution is -2.41. The zero-order valence-corrected chi connectivity index (χ0v) is 17.8. The van der Waals surface area contributed by atoms with Crippen LogP contribution in [0.2, 0.25) is 0 Å². The lowest BCUT2D eigenvalue weighted by atomic mass is 10.1. The van der Waals surface area contributed by atoms with E-state index in [4.69, 9.17) is 4.74 Å². The van der Waals surface area contributed by atoms with Crippen LogP contribution in [0.15, 0.2) is 47.7 Å². The number of nitrogens with one attached hydrogen (secondary N) is 1. The van der Waals surface area contributed by atoms with E-state index in [9.17, 15) is 0 Å². The van der Waals surface area contributed by atoms with Crippen molar-refractivity contribution in [2.45, 2.75) is 12.8 Å². The highest BCUT2D eigenvalue weighted by molar-refractivity contribution is 14.0. The van der Waals surface area contributed by atoms with Crippen molar-refractivity contribution in [3.8, 4) is 5.69 Å². The van der Waals surface area contributed by atoms with Gasteiger partial charge in [-0.2, -0.15) is 5.10 Å². The number of guanidine groups is 1. The maximum atomic E-state index is 5.27. The molecule has 1 saturated heterocycles. The summed E-state index contributed by atoms with van der Waals surface area (Å²) in [4.78, 5) is 6.75. The number of aliphatic imine (C=N–C) groups is 1. The first-order chi connectivity index (χ1) is 12.3. The van der Waals surface area contributed by atoms with Gasteiger partial charge in [0.05, 0.1) is 12.3 Å². The molecular formula is C19H28IN5O. The molecular weight excluding hydrogens is 441 g/mol. The number of ether oxygens (including phenoxy) is 1. The number of halogens is 1. The van der Waals surface area contributed by atoms with E-state index in [0.717, 1.165) is 44.3 Å². The number of methoxy groups -OCH3 is 1. The first-order valence-corrected chi connectivity index (χ1v) is 8.83. The molecule has 0 spiro atoms. The van der Waals surface area contributed by atoms with Gasteiger partial charge < -0.3 is 15.0 Å². The summed E-state index contributed by atoms with van der Waals surface area (Å²) in [6, 6.07) is 10.5. The van der Waals surface area contributed by atoms with Gasteiger partial charge in [0.25, 0.3) is 0 Å². The predicted octanol–water partition coefficient (Wildman–Crippen LogP) is 2.58. The van der Waals surface area contributed by atoms with Gasteiger partial charge in [-0.05, 0) is 36.6 Å². The van der Waals surface area contributed by atoms with Crippen molar-refractivity contribution >= 4 is 29.9 Å². The summed E-state index contributed by atoms with van der Waals surface area (Å²) in [5.41, 5.74) is 2.39. The van der Waals surface area contributed by atoms with Gasteiger partial charge in [-0.1, -0.05) is 12.1 Å². The Balaban J connectivity index is 0.00000243. The SMILES string of the molecule is CN=C(NCCc1ccc(-n2cccn2)cc1)N1CCC(COC)C1.I. The Kier molecular flexibility index (Phi) is 8.37. The summed E-state index contributed by atoms with van der Waals surface area (Å²) in [7, 11) is 3.62. The van der Waals surface area contributed by atoms with Crippen LogP contribution in [-0.2, 0) is 11.2 Å². The molecule has 26 heavy (non-hydrogen) atoms. The Hall–Kier alpha value is -1.61. The molecule has 6 nitrogen and oxygen atoms in total. The number of likely N-dealkylation sites (tertiary alicyclic amines) is 1. The molecule has 1 aliphatic rings. The number of nitrogens with zero attached hydrogens (tertiary/aromatic N) is 4. The summed E-state index contributed by atoms with van der Waals surface area (Å²) < 4.78 is 7.14. The Morgan fingerprint density at radius 3 is 2.81 bits per heavy atom. The summed E-state index contributed by atoms with van der Waals surface area (Å²) in [5.74, 6) is 1.60. The monoisotopic (exact) mass is 469 g/mol. The topological polar surface area (TPSA) is 54.7 Å². The number of hydrogen-bond acceptors (Lipinski definition) is 3. The number of benzene rings is 1. The Labute approximate surface area is 172 Å². The van der Waals surface area contributed by atoms with Crippen LogP contribution in [0.3, 0.4) is 0 Å². The molecule has 3 rings (SSSR count). The van der Waals surface area contributed by atoms with Crippen LogP contribution in [0.5, 0.6) is 0 Å². The second-order valence-corrected chi connectivity index (χ2v) is 6.40. The minimum absolute atomic E-state index is 0. The molecule has 7 heteroatoms. The van der Waals surface area contributed by atoms with Crippen molar-refractivity contribution in [2.75, 3.05) is 40.4 Å². The summed E-state index contributed by atoms with van der Waals surface area (Å²) in [5, 5.41) is 7.73. The average Bonchev–Trinajstić information content (AvgIpc) is 3.32. The molecule has 0 radical (unpaired) electrons. The van der Waals surface area contributed by atoms with E-state index in [1.54, 1.807) is 13.3 Å². The molecule has 0 amide bonds. The largest absolute Gasteiger partial charge is 0.384 e. The van der Waals surface area contributed by atoms with Crippen LogP contribution < -0.4 is 5.32 Å². The fourth-order valence-electron chi connectivity index (χ4n) is 3.28. The molecule has 2 aromatic rings. The summed E-state index contributed by atoms with van der Waals surface area (Å²) in [6.07, 6.45) is 5.88. The third-order valence-electron chi connectivity index (χ3n) is 4.60. The quantitative estimate of drug-likeness (QED) is 0.402. The Morgan fingerprint density at radius 1 is 1.35 bits per heavy atom. The first-order valence-electron chi connectivity index (χ1n) is 8.83. The molecule has 1 N–H and O–H groups in total. The third kappa shape index (κ3) is 5.44. The second kappa shape index (κ2) is 10.5. The van der Waals surface area contributed by atoms with Gasteiger partial charge in [-0.25, -0.2) is 4.68 Å². The van der Waals surface area contributed by atoms with Gasteiger partial charge >= 0.3 is 0 Å². The molecule has 1 unspecified atom stereocenters. The fraction of sp³-hybridized carbons (Fsp3) is 0.474. The molecule has 1 atom stereocenters. The molecule has 0 aliphatic carbocycles. The molecule has 1 aromatic heterocycles. The minimum atomic E-state index is 0. The van der Waals surface area contributed by atoms with E-state index < -0.39 is 0 Å². The molecule has 142 valence electrons. The van der Waals surface area contributed by atoms with Crippen LogP contribution in [0.4, 0.5) is 0 Å². The molecule has 0 saturated carbocycles. The summed E-state index contributed by atoms with van der Waals surface area (Å²) in [6.45, 7) is 3.77. The van der Waals surface area contributed by atoms with E-state index in [0.29, 0.717) is 5.92 Å². The smallest absolute Gasteiger partial charge is 0.193 e. The number of rotatable bonds is 6. The third-order valence-corrected chi connectivity index (χ3v) is 4.60. The van der Waals surface area contributed by atoms with Gasteiger partial charge in [0, 0.05) is 52.1 Å². The zero-order chi connectivity index (χ0) is 17.5. The molecule has 1 aromatic carbocycles. The van der Waals surface area contributed by atoms with Crippen molar-refractivity contribution < 1.29 is 4.74 Å².